The topological polar surface area (TPSA) is 115 Å². The van der Waals surface area contributed by atoms with Crippen LogP contribution in [0.4, 0.5) is 13.2 Å². The molecule has 1 aromatic rings. The Kier molecular flexibility index (Phi) is 11.6. The second-order valence-corrected chi connectivity index (χ2v) is 11.8. The summed E-state index contributed by atoms with van der Waals surface area (Å²) in [5.41, 5.74) is 2.60. The van der Waals surface area contributed by atoms with Crippen molar-refractivity contribution in [3.8, 4) is 0 Å². The number of rotatable bonds is 9. The number of carbonyl (C=O) groups excluding carboxylic acids is 3. The van der Waals surface area contributed by atoms with E-state index in [1.54, 1.807) is 34.6 Å². The molecule has 8 nitrogen and oxygen atoms in total. The van der Waals surface area contributed by atoms with Gasteiger partial charge in [0.1, 0.15) is 0 Å². The van der Waals surface area contributed by atoms with Crippen molar-refractivity contribution in [3.63, 3.8) is 0 Å². The summed E-state index contributed by atoms with van der Waals surface area (Å²) in [5, 5.41) is -0.110. The lowest BCUT2D eigenvalue weighted by atomic mass is 9.78. The van der Waals surface area contributed by atoms with E-state index in [9.17, 15) is 27.6 Å². The summed E-state index contributed by atoms with van der Waals surface area (Å²) >= 11 is 12.2. The number of pyridine rings is 1. The van der Waals surface area contributed by atoms with Gasteiger partial charge >= 0.3 is 12.1 Å². The molecule has 13 heteroatoms. The van der Waals surface area contributed by atoms with Gasteiger partial charge in [-0.3, -0.25) is 24.4 Å². The van der Waals surface area contributed by atoms with Crippen LogP contribution in [0.25, 0.3) is 0 Å². The number of carbonyl (C=O) groups is 3. The van der Waals surface area contributed by atoms with E-state index in [1.165, 1.54) is 12.4 Å². The molecule has 2 N–H and O–H groups in total. The van der Waals surface area contributed by atoms with E-state index in [0.717, 1.165) is 4.90 Å². The van der Waals surface area contributed by atoms with Gasteiger partial charge in [0.05, 0.1) is 46.3 Å². The summed E-state index contributed by atoms with van der Waals surface area (Å²) in [4.78, 5) is 47.6. The van der Waals surface area contributed by atoms with E-state index in [4.69, 9.17) is 33.7 Å². The van der Waals surface area contributed by atoms with Crippen LogP contribution >= 0.6 is 23.2 Å². The maximum Gasteiger partial charge on any atom is 0.433 e. The van der Waals surface area contributed by atoms with Crippen molar-refractivity contribution in [1.29, 1.82) is 0 Å². The van der Waals surface area contributed by atoms with Crippen molar-refractivity contribution in [1.82, 2.24) is 9.88 Å². The number of ether oxygens (including phenoxy) is 1. The van der Waals surface area contributed by atoms with E-state index < -0.39 is 53.1 Å². The minimum atomic E-state index is -5.02. The molecule has 0 spiro atoms. The van der Waals surface area contributed by atoms with E-state index in [1.807, 2.05) is 0 Å². The molecule has 1 amide bonds. The molecule has 0 unspecified atom stereocenters. The molecule has 0 aromatic carbocycles. The Balaban J connectivity index is 2.42. The van der Waals surface area contributed by atoms with Gasteiger partial charge in [0.2, 0.25) is 0 Å². The van der Waals surface area contributed by atoms with Crippen LogP contribution in [0.3, 0.4) is 0 Å². The molecular formula is C27H35Cl2F3N4O4. The Labute approximate surface area is 242 Å². The van der Waals surface area contributed by atoms with Crippen LogP contribution in [0.5, 0.6) is 0 Å². The first-order chi connectivity index (χ1) is 18.5. The van der Waals surface area contributed by atoms with E-state index in [0.29, 0.717) is 12.6 Å². The standard InChI is InChI=1S/C27H35Cl2F3N4O4/c1-6-40-25(39)17-8-7-16(9-15(17)2)35-23(27(30,31)32)18(10-33)24(38)36(14-26(3,4)5)13-21(37)22-19(28)11-34-12-20(22)29/h10-12,15-17H,6-9,13-14,33H2,1-5H3/t15-,16-,17-/m0/s1. The lowest BCUT2D eigenvalue weighted by molar-refractivity contribution is -0.151. The van der Waals surface area contributed by atoms with Gasteiger partial charge in [-0.05, 0) is 37.5 Å². The van der Waals surface area contributed by atoms with E-state index >= 15 is 0 Å². The Morgan fingerprint density at radius 3 is 2.25 bits per heavy atom. The second-order valence-electron chi connectivity index (χ2n) is 11.0. The number of ketones is 1. The normalized spacial score (nSPS) is 20.7. The summed E-state index contributed by atoms with van der Waals surface area (Å²) in [6, 6.07) is -0.799. The molecule has 0 radical (unpaired) electrons. The third-order valence-corrected chi connectivity index (χ3v) is 6.96. The minimum Gasteiger partial charge on any atom is -0.466 e. The Morgan fingerprint density at radius 1 is 1.18 bits per heavy atom. The molecule has 222 valence electrons. The van der Waals surface area contributed by atoms with Crippen LogP contribution in [0.1, 0.15) is 64.2 Å². The number of esters is 1. The van der Waals surface area contributed by atoms with Gasteiger partial charge in [-0.2, -0.15) is 13.2 Å². The number of nitrogens with two attached hydrogens (primary N) is 1. The molecule has 40 heavy (non-hydrogen) atoms. The fourth-order valence-corrected chi connectivity index (χ4v) is 5.26. The van der Waals surface area contributed by atoms with Gasteiger partial charge < -0.3 is 15.4 Å². The lowest BCUT2D eigenvalue weighted by Crippen LogP contribution is -2.45. The molecule has 0 bridgehead atoms. The number of aliphatic imine (C=N–C) groups is 1. The molecule has 3 atom stereocenters. The highest BCUT2D eigenvalue weighted by Crippen LogP contribution is 2.35. The fraction of sp³-hybridized carbons (Fsp3) is 0.593. The van der Waals surface area contributed by atoms with Crippen LogP contribution < -0.4 is 5.73 Å². The van der Waals surface area contributed by atoms with Crippen molar-refractivity contribution in [2.75, 3.05) is 19.7 Å². The van der Waals surface area contributed by atoms with Crippen molar-refractivity contribution in [3.05, 3.63) is 39.8 Å². The molecule has 1 aliphatic carbocycles. The van der Waals surface area contributed by atoms with Crippen molar-refractivity contribution in [2.45, 2.75) is 66.1 Å². The number of halogens is 5. The summed E-state index contributed by atoms with van der Waals surface area (Å²) in [6.07, 6.45) is -1.36. The van der Waals surface area contributed by atoms with E-state index in [2.05, 4.69) is 9.98 Å². The summed E-state index contributed by atoms with van der Waals surface area (Å²) in [6.45, 7) is 8.25. The first-order valence-electron chi connectivity index (χ1n) is 12.9. The maximum absolute atomic E-state index is 14.3. The first-order valence-corrected chi connectivity index (χ1v) is 13.6. The number of aromatic nitrogens is 1. The average Bonchev–Trinajstić information content (AvgIpc) is 2.82. The molecular weight excluding hydrogens is 572 g/mol. The van der Waals surface area contributed by atoms with E-state index in [-0.39, 0.29) is 53.5 Å². The zero-order valence-corrected chi connectivity index (χ0v) is 24.7. The zero-order chi connectivity index (χ0) is 30.4. The summed E-state index contributed by atoms with van der Waals surface area (Å²) in [7, 11) is 0. The molecule has 1 aliphatic rings. The Bertz CT molecular complexity index is 1150. The average molecular weight is 608 g/mol. The van der Waals surface area contributed by atoms with Crippen molar-refractivity contribution in [2.24, 2.45) is 28.0 Å². The highest BCUT2D eigenvalue weighted by atomic mass is 35.5. The van der Waals surface area contributed by atoms with Gasteiger partial charge in [0.25, 0.3) is 5.91 Å². The molecule has 0 saturated heterocycles. The predicted octanol–water partition coefficient (Wildman–Crippen LogP) is 5.66. The van der Waals surface area contributed by atoms with Crippen LogP contribution in [-0.4, -0.2) is 65.2 Å². The largest absolute Gasteiger partial charge is 0.466 e. The van der Waals surface area contributed by atoms with Crippen LogP contribution in [-0.2, 0) is 14.3 Å². The number of nitrogens with zero attached hydrogens (tertiary/aromatic N) is 3. The third kappa shape index (κ3) is 8.92. The SMILES string of the molecule is CCOC(=O)[C@H]1CC[C@H](N=C(C(=CN)C(=O)N(CC(=O)c2c(Cl)cncc2Cl)CC(C)(C)C)C(F)(F)F)C[C@@H]1C. The molecule has 1 saturated carbocycles. The fourth-order valence-electron chi connectivity index (χ4n) is 4.69. The third-order valence-electron chi connectivity index (χ3n) is 6.38. The highest BCUT2D eigenvalue weighted by molar-refractivity contribution is 6.39. The Hall–Kier alpha value is -2.66. The van der Waals surface area contributed by atoms with Crippen LogP contribution in [0.15, 0.2) is 29.2 Å². The number of alkyl halides is 3. The van der Waals surface area contributed by atoms with Crippen LogP contribution in [0.2, 0.25) is 10.0 Å². The number of hydrogen-bond acceptors (Lipinski definition) is 7. The summed E-state index contributed by atoms with van der Waals surface area (Å²) in [5.74, 6) is -2.89. The number of hydrogen-bond donors (Lipinski definition) is 1. The Morgan fingerprint density at radius 2 is 1.77 bits per heavy atom. The minimum absolute atomic E-state index is 0.0552. The second kappa shape index (κ2) is 13.8. The first kappa shape index (κ1) is 33.5. The summed E-state index contributed by atoms with van der Waals surface area (Å²) < 4.78 is 48.1. The van der Waals surface area contributed by atoms with Crippen LogP contribution in [0, 0.1) is 17.3 Å². The van der Waals surface area contributed by atoms with Gasteiger partial charge in [0, 0.05) is 25.1 Å². The lowest BCUT2D eigenvalue weighted by Gasteiger charge is -2.32. The van der Waals surface area contributed by atoms with Gasteiger partial charge in [0.15, 0.2) is 11.5 Å². The molecule has 1 heterocycles. The smallest absolute Gasteiger partial charge is 0.433 e. The van der Waals surface area contributed by atoms with Gasteiger partial charge in [-0.15, -0.1) is 0 Å². The molecule has 2 rings (SSSR count). The number of amides is 1. The predicted molar refractivity (Wildman–Crippen MR) is 147 cm³/mol. The van der Waals surface area contributed by atoms with Gasteiger partial charge in [-0.1, -0.05) is 50.9 Å². The monoisotopic (exact) mass is 606 g/mol. The van der Waals surface area contributed by atoms with Crippen molar-refractivity contribution < 1.29 is 32.3 Å². The van der Waals surface area contributed by atoms with Crippen molar-refractivity contribution >= 4 is 46.6 Å². The molecule has 0 aliphatic heterocycles. The highest BCUT2D eigenvalue weighted by Gasteiger charge is 2.43. The van der Waals surface area contributed by atoms with Gasteiger partial charge in [-0.25, -0.2) is 0 Å². The zero-order valence-electron chi connectivity index (χ0n) is 23.1. The maximum atomic E-state index is 14.3. The molecule has 1 aromatic heterocycles. The number of Topliss-reactive ketones (excluding diaryl/α,β-unsaturated/α-hetero) is 1. The molecule has 1 fully saturated rings. The quantitative estimate of drug-likeness (QED) is 0.168.